The minimum absolute atomic E-state index is 0.0136. The van der Waals surface area contributed by atoms with Gasteiger partial charge in [0.05, 0.1) is 20.2 Å². The zero-order valence-electron chi connectivity index (χ0n) is 17.5. The van der Waals surface area contributed by atoms with Gasteiger partial charge in [-0.15, -0.1) is 0 Å². The van der Waals surface area contributed by atoms with Crippen molar-refractivity contribution in [2.45, 2.75) is 13.1 Å². The van der Waals surface area contributed by atoms with E-state index in [-0.39, 0.29) is 37.3 Å². The quantitative estimate of drug-likeness (QED) is 0.178. The van der Waals surface area contributed by atoms with Crippen LogP contribution in [-0.2, 0) is 13.1 Å². The van der Waals surface area contributed by atoms with Crippen LogP contribution in [0.2, 0.25) is 0 Å². The largest absolute Gasteiger partial charge is 0.508 e. The lowest BCUT2D eigenvalue weighted by Gasteiger charge is -2.16. The number of rotatable bonds is 9. The molecule has 1 heterocycles. The zero-order valence-corrected chi connectivity index (χ0v) is 17.5. The van der Waals surface area contributed by atoms with Crippen molar-refractivity contribution in [1.82, 2.24) is 19.4 Å². The lowest BCUT2D eigenvalue weighted by molar-refractivity contribution is 0.414. The van der Waals surface area contributed by atoms with Crippen LogP contribution in [0.1, 0.15) is 11.1 Å². The molecule has 168 valence electrons. The molecule has 11 heteroatoms. The molecule has 6 N–H and O–H groups in total. The summed E-state index contributed by atoms with van der Waals surface area (Å²) < 4.78 is 7.58. The number of nitrogens with one attached hydrogen (secondary N) is 3. The van der Waals surface area contributed by atoms with Crippen LogP contribution in [0.4, 0.5) is 5.95 Å². The van der Waals surface area contributed by atoms with E-state index in [1.807, 2.05) is 12.1 Å². The van der Waals surface area contributed by atoms with E-state index in [0.717, 1.165) is 10.1 Å². The van der Waals surface area contributed by atoms with Gasteiger partial charge in [0, 0.05) is 13.1 Å². The summed E-state index contributed by atoms with van der Waals surface area (Å²) in [6, 6.07) is 13.4. The molecule has 3 aromatic rings. The van der Waals surface area contributed by atoms with Crippen molar-refractivity contribution < 1.29 is 9.84 Å². The Labute approximate surface area is 183 Å². The molecule has 0 spiro atoms. The Morgan fingerprint density at radius 3 is 2.22 bits per heavy atom. The average Bonchev–Trinajstić information content (AvgIpc) is 2.78. The summed E-state index contributed by atoms with van der Waals surface area (Å²) in [6.07, 6.45) is 0. The summed E-state index contributed by atoms with van der Waals surface area (Å²) in [5.41, 5.74) is 5.53. The van der Waals surface area contributed by atoms with Crippen molar-refractivity contribution in [1.29, 1.82) is 5.41 Å². The number of aromatic hydroxyl groups is 1. The van der Waals surface area contributed by atoms with Crippen LogP contribution in [0, 0.1) is 5.41 Å². The lowest BCUT2D eigenvalue weighted by Crippen LogP contribution is -2.43. The molecule has 0 aliphatic carbocycles. The Morgan fingerprint density at radius 1 is 1.03 bits per heavy atom. The van der Waals surface area contributed by atoms with E-state index in [4.69, 9.17) is 15.9 Å². The van der Waals surface area contributed by atoms with Crippen molar-refractivity contribution in [2.24, 2.45) is 5.73 Å². The molecule has 1 aromatic heterocycles. The van der Waals surface area contributed by atoms with Crippen molar-refractivity contribution in [3.63, 3.8) is 0 Å². The van der Waals surface area contributed by atoms with Gasteiger partial charge in [0.15, 0.2) is 5.96 Å². The number of anilines is 1. The number of nitrogens with zero attached hydrogens (tertiary/aromatic N) is 3. The summed E-state index contributed by atoms with van der Waals surface area (Å²) in [5, 5.41) is 22.3. The van der Waals surface area contributed by atoms with Gasteiger partial charge < -0.3 is 26.2 Å². The average molecular weight is 439 g/mol. The number of phenols is 1. The molecule has 0 radical (unpaired) electrons. The second-order valence-electron chi connectivity index (χ2n) is 6.95. The van der Waals surface area contributed by atoms with Gasteiger partial charge in [-0.05, 0) is 35.4 Å². The molecule has 0 aliphatic heterocycles. The number of ether oxygens (including phenoxy) is 1. The first-order valence-corrected chi connectivity index (χ1v) is 9.81. The van der Waals surface area contributed by atoms with Crippen molar-refractivity contribution in [2.75, 3.05) is 25.5 Å². The van der Waals surface area contributed by atoms with Crippen molar-refractivity contribution in [3.8, 4) is 11.5 Å². The zero-order chi connectivity index (χ0) is 23.1. The molecule has 0 atom stereocenters. The van der Waals surface area contributed by atoms with Crippen LogP contribution >= 0.6 is 0 Å². The monoisotopic (exact) mass is 439 g/mol. The number of aromatic nitrogens is 3. The predicted molar refractivity (Wildman–Crippen MR) is 120 cm³/mol. The maximum absolute atomic E-state index is 13.3. The molecule has 0 amide bonds. The first-order chi connectivity index (χ1) is 15.4. The van der Waals surface area contributed by atoms with Crippen molar-refractivity contribution in [3.05, 3.63) is 80.6 Å². The number of phenolic OH excluding ortho intramolecular Hbond substituents is 1. The fraction of sp³-hybridized carbons (Fsp3) is 0.238. The summed E-state index contributed by atoms with van der Waals surface area (Å²) >= 11 is 0. The number of hydrogen-bond acceptors (Lipinski definition) is 7. The molecule has 2 aromatic carbocycles. The van der Waals surface area contributed by atoms with Crippen LogP contribution < -0.4 is 32.5 Å². The summed E-state index contributed by atoms with van der Waals surface area (Å²) in [7, 11) is 1.57. The van der Waals surface area contributed by atoms with Gasteiger partial charge in [-0.1, -0.05) is 24.3 Å². The lowest BCUT2D eigenvalue weighted by atomic mass is 10.2. The minimum atomic E-state index is -0.698. The molecular formula is C21H25N7O4. The van der Waals surface area contributed by atoms with Crippen LogP contribution in [0.3, 0.4) is 0 Å². The number of methoxy groups -OCH3 is 1. The van der Waals surface area contributed by atoms with E-state index in [1.54, 1.807) is 31.4 Å². The molecular weight excluding hydrogens is 414 g/mol. The van der Waals surface area contributed by atoms with Gasteiger partial charge in [0.1, 0.15) is 11.5 Å². The Morgan fingerprint density at radius 2 is 1.62 bits per heavy atom. The Bertz CT molecular complexity index is 1180. The third kappa shape index (κ3) is 5.65. The number of hydrogen-bond donors (Lipinski definition) is 5. The van der Waals surface area contributed by atoms with Gasteiger partial charge in [-0.2, -0.15) is 4.98 Å². The molecule has 0 bridgehead atoms. The number of guanidine groups is 1. The second kappa shape index (κ2) is 10.2. The maximum atomic E-state index is 13.3. The number of benzene rings is 2. The van der Waals surface area contributed by atoms with E-state index in [0.29, 0.717) is 17.9 Å². The smallest absolute Gasteiger partial charge is 0.355 e. The predicted octanol–water partition coefficient (Wildman–Crippen LogP) is 0.111. The molecule has 0 fully saturated rings. The Hall–Kier alpha value is -4.28. The van der Waals surface area contributed by atoms with Gasteiger partial charge in [0.2, 0.25) is 5.95 Å². The van der Waals surface area contributed by atoms with Gasteiger partial charge >= 0.3 is 11.4 Å². The molecule has 0 saturated carbocycles. The molecule has 0 saturated heterocycles. The van der Waals surface area contributed by atoms with Crippen molar-refractivity contribution >= 4 is 11.9 Å². The number of nitrogens with two attached hydrogens (primary N) is 1. The second-order valence-corrected chi connectivity index (χ2v) is 6.95. The van der Waals surface area contributed by atoms with E-state index < -0.39 is 11.4 Å². The molecule has 3 rings (SSSR count). The van der Waals surface area contributed by atoms with Gasteiger partial charge in [-0.3, -0.25) is 9.98 Å². The topological polar surface area (TPSA) is 160 Å². The molecule has 11 nitrogen and oxygen atoms in total. The highest BCUT2D eigenvalue weighted by Crippen LogP contribution is 2.13. The van der Waals surface area contributed by atoms with Crippen LogP contribution in [0.5, 0.6) is 11.5 Å². The first-order valence-electron chi connectivity index (χ1n) is 9.81. The standard InChI is InChI=1S/C21H25N7O4/c1-32-17-8-4-15(5-9-17)12-27-19(25-11-10-24-18(22)23)26-20(30)28(21(27)31)13-14-2-6-16(29)7-3-14/h2-9,29H,10-13H2,1H3,(H4,22,23,24)(H,25,26,30). The third-order valence-electron chi connectivity index (χ3n) is 4.65. The fourth-order valence-corrected chi connectivity index (χ4v) is 3.01. The van der Waals surface area contributed by atoms with E-state index >= 15 is 0 Å². The highest BCUT2D eigenvalue weighted by Gasteiger charge is 2.14. The maximum Gasteiger partial charge on any atom is 0.355 e. The fourth-order valence-electron chi connectivity index (χ4n) is 3.01. The SMILES string of the molecule is COc1ccc(Cn2c(NCCNC(=N)N)nc(=O)n(Cc3ccc(O)cc3)c2=O)cc1. The highest BCUT2D eigenvalue weighted by molar-refractivity contribution is 5.74. The molecule has 0 unspecified atom stereocenters. The first kappa shape index (κ1) is 22.4. The normalized spacial score (nSPS) is 10.5. The summed E-state index contributed by atoms with van der Waals surface area (Å²) in [5.74, 6) is 0.711. The highest BCUT2D eigenvalue weighted by atomic mass is 16.5. The molecule has 0 aliphatic rings. The summed E-state index contributed by atoms with van der Waals surface area (Å²) in [4.78, 5) is 29.9. The van der Waals surface area contributed by atoms with E-state index in [2.05, 4.69) is 15.6 Å². The van der Waals surface area contributed by atoms with Gasteiger partial charge in [-0.25, -0.2) is 14.2 Å². The Kier molecular flexibility index (Phi) is 7.11. The van der Waals surface area contributed by atoms with E-state index in [1.165, 1.54) is 16.7 Å². The van der Waals surface area contributed by atoms with Gasteiger partial charge in [0.25, 0.3) is 0 Å². The summed E-state index contributed by atoms with van der Waals surface area (Å²) in [6.45, 7) is 0.786. The van der Waals surface area contributed by atoms with Crippen LogP contribution in [-0.4, -0.2) is 45.4 Å². The third-order valence-corrected chi connectivity index (χ3v) is 4.65. The molecule has 32 heavy (non-hydrogen) atoms. The van der Waals surface area contributed by atoms with Crippen LogP contribution in [0.25, 0.3) is 0 Å². The van der Waals surface area contributed by atoms with Crippen LogP contribution in [0.15, 0.2) is 58.1 Å². The Balaban J connectivity index is 1.95. The minimum Gasteiger partial charge on any atom is -0.508 e. The van der Waals surface area contributed by atoms with E-state index in [9.17, 15) is 14.7 Å².